The fraction of sp³-hybridized carbons (Fsp3) is 0.105. The van der Waals surface area contributed by atoms with Gasteiger partial charge in [-0.2, -0.15) is 0 Å². The lowest BCUT2D eigenvalue weighted by atomic mass is 10.1. The van der Waals surface area contributed by atoms with E-state index in [0.29, 0.717) is 21.6 Å². The van der Waals surface area contributed by atoms with Crippen LogP contribution in [0.15, 0.2) is 63.5 Å². The molecule has 3 rings (SSSR count). The summed E-state index contributed by atoms with van der Waals surface area (Å²) in [5, 5.41) is 0. The number of hydrogen-bond acceptors (Lipinski definition) is 4. The van der Waals surface area contributed by atoms with Crippen molar-refractivity contribution in [2.24, 2.45) is 0 Å². The second-order valence-electron chi connectivity index (χ2n) is 5.04. The Labute approximate surface area is 148 Å². The highest BCUT2D eigenvalue weighted by Gasteiger charge is 2.26. The van der Waals surface area contributed by atoms with Crippen molar-refractivity contribution in [3.05, 3.63) is 64.6 Å². The zero-order valence-corrected chi connectivity index (χ0v) is 14.8. The third-order valence-electron chi connectivity index (χ3n) is 3.63. The van der Waals surface area contributed by atoms with Gasteiger partial charge >= 0.3 is 5.97 Å². The maximum Gasteiger partial charge on any atom is 0.343 e. The van der Waals surface area contributed by atoms with Gasteiger partial charge in [-0.15, -0.1) is 0 Å². The monoisotopic (exact) mass is 386 g/mol. The molecule has 0 saturated heterocycles. The van der Waals surface area contributed by atoms with Gasteiger partial charge in [0.2, 0.25) is 0 Å². The zero-order valence-electron chi connectivity index (χ0n) is 13.2. The van der Waals surface area contributed by atoms with E-state index in [2.05, 4.69) is 15.9 Å². The minimum Gasteiger partial charge on any atom is -0.497 e. The van der Waals surface area contributed by atoms with Crippen LogP contribution in [-0.4, -0.2) is 20.2 Å². The van der Waals surface area contributed by atoms with E-state index in [1.807, 2.05) is 54.6 Å². The SMILES string of the molecule is COC(=O)c1c(-c2ccccc2)oc(-c2ccc(OC)cc2)c1Br. The molecule has 0 bridgehead atoms. The van der Waals surface area contributed by atoms with Crippen molar-refractivity contribution < 1.29 is 18.7 Å². The van der Waals surface area contributed by atoms with Gasteiger partial charge in [-0.3, -0.25) is 0 Å². The van der Waals surface area contributed by atoms with Gasteiger partial charge in [-0.1, -0.05) is 30.3 Å². The normalized spacial score (nSPS) is 10.5. The van der Waals surface area contributed by atoms with Crippen molar-refractivity contribution >= 4 is 21.9 Å². The number of benzene rings is 2. The van der Waals surface area contributed by atoms with Crippen LogP contribution in [0.3, 0.4) is 0 Å². The van der Waals surface area contributed by atoms with Gasteiger partial charge in [-0.05, 0) is 40.2 Å². The predicted octanol–water partition coefficient (Wildman–Crippen LogP) is 5.17. The molecule has 1 heterocycles. The first-order valence-electron chi connectivity index (χ1n) is 7.26. The zero-order chi connectivity index (χ0) is 17.1. The second-order valence-corrected chi connectivity index (χ2v) is 5.83. The van der Waals surface area contributed by atoms with Crippen LogP contribution in [0.2, 0.25) is 0 Å². The summed E-state index contributed by atoms with van der Waals surface area (Å²) in [6, 6.07) is 16.9. The highest BCUT2D eigenvalue weighted by atomic mass is 79.9. The Morgan fingerprint density at radius 1 is 0.917 bits per heavy atom. The maximum absolute atomic E-state index is 12.2. The topological polar surface area (TPSA) is 48.7 Å². The van der Waals surface area contributed by atoms with Gasteiger partial charge in [0.25, 0.3) is 0 Å². The van der Waals surface area contributed by atoms with E-state index in [9.17, 15) is 4.79 Å². The molecule has 0 atom stereocenters. The highest BCUT2D eigenvalue weighted by molar-refractivity contribution is 9.10. The fourth-order valence-corrected chi connectivity index (χ4v) is 3.07. The molecule has 1 aromatic heterocycles. The van der Waals surface area contributed by atoms with E-state index in [4.69, 9.17) is 13.9 Å². The molecule has 0 saturated carbocycles. The lowest BCUT2D eigenvalue weighted by Crippen LogP contribution is -2.02. The summed E-state index contributed by atoms with van der Waals surface area (Å²) in [4.78, 5) is 12.2. The lowest BCUT2D eigenvalue weighted by molar-refractivity contribution is 0.0600. The molecule has 0 spiro atoms. The van der Waals surface area contributed by atoms with Crippen LogP contribution < -0.4 is 4.74 Å². The summed E-state index contributed by atoms with van der Waals surface area (Å²) >= 11 is 3.49. The predicted molar refractivity (Wildman–Crippen MR) is 95.2 cm³/mol. The number of carbonyl (C=O) groups excluding carboxylic acids is 1. The highest BCUT2D eigenvalue weighted by Crippen LogP contribution is 2.41. The van der Waals surface area contributed by atoms with Crippen LogP contribution in [-0.2, 0) is 4.74 Å². The Morgan fingerprint density at radius 2 is 1.54 bits per heavy atom. The molecule has 0 N–H and O–H groups in total. The third-order valence-corrected chi connectivity index (χ3v) is 4.38. The molecule has 2 aromatic carbocycles. The molecule has 0 amide bonds. The van der Waals surface area contributed by atoms with E-state index in [-0.39, 0.29) is 0 Å². The third kappa shape index (κ3) is 2.95. The number of ether oxygens (including phenoxy) is 2. The Kier molecular flexibility index (Phi) is 4.71. The van der Waals surface area contributed by atoms with Crippen LogP contribution in [0, 0.1) is 0 Å². The number of halogens is 1. The summed E-state index contributed by atoms with van der Waals surface area (Å²) in [5.74, 6) is 1.33. The van der Waals surface area contributed by atoms with E-state index < -0.39 is 5.97 Å². The van der Waals surface area contributed by atoms with Crippen LogP contribution in [0.25, 0.3) is 22.6 Å². The number of hydrogen-bond donors (Lipinski definition) is 0. The molecule has 5 heteroatoms. The van der Waals surface area contributed by atoms with E-state index in [0.717, 1.165) is 16.9 Å². The molecule has 0 fully saturated rings. The Bertz CT molecular complexity index is 851. The second kappa shape index (κ2) is 6.93. The van der Waals surface area contributed by atoms with Gasteiger partial charge in [0.05, 0.1) is 18.7 Å². The van der Waals surface area contributed by atoms with E-state index >= 15 is 0 Å². The minimum absolute atomic E-state index is 0.370. The van der Waals surface area contributed by atoms with Crippen molar-refractivity contribution in [2.45, 2.75) is 0 Å². The summed E-state index contributed by atoms with van der Waals surface area (Å²) in [6.07, 6.45) is 0. The van der Waals surface area contributed by atoms with Crippen molar-refractivity contribution in [1.82, 2.24) is 0 Å². The number of furan rings is 1. The number of carbonyl (C=O) groups is 1. The van der Waals surface area contributed by atoms with Crippen LogP contribution in [0.1, 0.15) is 10.4 Å². The summed E-state index contributed by atoms with van der Waals surface area (Å²) < 4.78 is 16.7. The van der Waals surface area contributed by atoms with Crippen molar-refractivity contribution in [2.75, 3.05) is 14.2 Å². The molecule has 24 heavy (non-hydrogen) atoms. The number of rotatable bonds is 4. The molecular formula is C19H15BrO4. The van der Waals surface area contributed by atoms with Gasteiger partial charge in [-0.25, -0.2) is 4.79 Å². The summed E-state index contributed by atoms with van der Waals surface area (Å²) in [7, 11) is 2.96. The number of esters is 1. The molecule has 0 aliphatic rings. The van der Waals surface area contributed by atoms with Gasteiger partial charge in [0.15, 0.2) is 5.76 Å². The molecule has 0 radical (unpaired) electrons. The van der Waals surface area contributed by atoms with Crippen LogP contribution in [0.4, 0.5) is 0 Å². The smallest absolute Gasteiger partial charge is 0.343 e. The summed E-state index contributed by atoms with van der Waals surface area (Å²) in [5.41, 5.74) is 2.00. The first-order valence-corrected chi connectivity index (χ1v) is 8.05. The lowest BCUT2D eigenvalue weighted by Gasteiger charge is -2.01. The van der Waals surface area contributed by atoms with Gasteiger partial charge in [0.1, 0.15) is 17.1 Å². The van der Waals surface area contributed by atoms with Crippen LogP contribution in [0.5, 0.6) is 5.75 Å². The standard InChI is InChI=1S/C19H15BrO4/c1-22-14-10-8-13(9-11-14)18-16(20)15(19(21)23-2)17(24-18)12-6-4-3-5-7-12/h3-11H,1-2H3. The van der Waals surface area contributed by atoms with E-state index in [1.165, 1.54) is 7.11 Å². The van der Waals surface area contributed by atoms with Gasteiger partial charge < -0.3 is 13.9 Å². The largest absolute Gasteiger partial charge is 0.497 e. The molecule has 0 aliphatic heterocycles. The molecule has 0 aliphatic carbocycles. The van der Waals surface area contributed by atoms with Crippen molar-refractivity contribution in [1.29, 1.82) is 0 Å². The fourth-order valence-electron chi connectivity index (χ4n) is 2.42. The minimum atomic E-state index is -0.454. The molecule has 4 nitrogen and oxygen atoms in total. The van der Waals surface area contributed by atoms with Crippen molar-refractivity contribution in [3.63, 3.8) is 0 Å². The maximum atomic E-state index is 12.2. The number of methoxy groups -OCH3 is 2. The average Bonchev–Trinajstić information content (AvgIpc) is 2.99. The Balaban J connectivity index is 2.17. The molecule has 0 unspecified atom stereocenters. The van der Waals surface area contributed by atoms with Crippen LogP contribution >= 0.6 is 15.9 Å². The quantitative estimate of drug-likeness (QED) is 0.580. The molecule has 122 valence electrons. The average molecular weight is 387 g/mol. The first kappa shape index (κ1) is 16.3. The first-order chi connectivity index (χ1) is 11.7. The van der Waals surface area contributed by atoms with Crippen molar-refractivity contribution in [3.8, 4) is 28.4 Å². The molecular weight excluding hydrogens is 372 g/mol. The van der Waals surface area contributed by atoms with Gasteiger partial charge in [0, 0.05) is 11.1 Å². The Hall–Kier alpha value is -2.53. The summed E-state index contributed by atoms with van der Waals surface area (Å²) in [6.45, 7) is 0. The van der Waals surface area contributed by atoms with E-state index in [1.54, 1.807) is 7.11 Å². The molecule has 3 aromatic rings. The Morgan fingerprint density at radius 3 is 2.12 bits per heavy atom.